The number of carbonyl (C=O) groups is 2. The van der Waals surface area contributed by atoms with Gasteiger partial charge >= 0.3 is 6.03 Å². The SMILES string of the molecule is C[C@@]1(c2cc3ccccc3o2)NC(=O)N(C/C=C\c2ccccc2)C1=O. The molecule has 0 spiro atoms. The molecule has 3 amide bonds. The summed E-state index contributed by atoms with van der Waals surface area (Å²) < 4.78 is 5.82. The minimum absolute atomic E-state index is 0.204. The predicted molar refractivity (Wildman–Crippen MR) is 99.3 cm³/mol. The Hall–Kier alpha value is -3.34. The van der Waals surface area contributed by atoms with Gasteiger partial charge in [0.1, 0.15) is 11.3 Å². The Bertz CT molecular complexity index is 973. The number of hydrogen-bond donors (Lipinski definition) is 1. The maximum atomic E-state index is 12.9. The van der Waals surface area contributed by atoms with E-state index in [1.165, 1.54) is 4.90 Å². The number of imide groups is 1. The fraction of sp³-hybridized carbons (Fsp3) is 0.143. The molecule has 1 fully saturated rings. The zero-order valence-corrected chi connectivity index (χ0v) is 14.3. The molecule has 1 saturated heterocycles. The summed E-state index contributed by atoms with van der Waals surface area (Å²) in [4.78, 5) is 26.5. The first-order chi connectivity index (χ1) is 12.6. The Balaban J connectivity index is 1.57. The van der Waals surface area contributed by atoms with Crippen molar-refractivity contribution in [2.45, 2.75) is 12.5 Å². The molecule has 1 aliphatic heterocycles. The van der Waals surface area contributed by atoms with Gasteiger partial charge in [-0.05, 0) is 24.6 Å². The molecule has 26 heavy (non-hydrogen) atoms. The first kappa shape index (κ1) is 16.1. The number of hydrogen-bond acceptors (Lipinski definition) is 3. The van der Waals surface area contributed by atoms with Gasteiger partial charge in [0.25, 0.3) is 5.91 Å². The summed E-state index contributed by atoms with van der Waals surface area (Å²) in [5.41, 5.74) is 0.504. The van der Waals surface area contributed by atoms with Gasteiger partial charge in [0.2, 0.25) is 0 Å². The van der Waals surface area contributed by atoms with Crippen LogP contribution in [-0.4, -0.2) is 23.4 Å². The van der Waals surface area contributed by atoms with Crippen LogP contribution in [0.15, 0.2) is 71.2 Å². The molecular weight excluding hydrogens is 328 g/mol. The number of carbonyl (C=O) groups excluding carboxylic acids is 2. The van der Waals surface area contributed by atoms with Gasteiger partial charge in [-0.1, -0.05) is 60.7 Å². The normalized spacial score (nSPS) is 20.3. The van der Waals surface area contributed by atoms with Gasteiger partial charge in [0.15, 0.2) is 5.54 Å². The zero-order chi connectivity index (χ0) is 18.1. The maximum Gasteiger partial charge on any atom is 0.325 e. The van der Waals surface area contributed by atoms with Crippen molar-refractivity contribution in [1.29, 1.82) is 0 Å². The zero-order valence-electron chi connectivity index (χ0n) is 14.3. The highest BCUT2D eigenvalue weighted by molar-refractivity contribution is 6.07. The van der Waals surface area contributed by atoms with Gasteiger partial charge in [-0.2, -0.15) is 0 Å². The lowest BCUT2D eigenvalue weighted by Crippen LogP contribution is -2.40. The van der Waals surface area contributed by atoms with Crippen molar-refractivity contribution >= 4 is 29.0 Å². The van der Waals surface area contributed by atoms with Gasteiger partial charge in [0, 0.05) is 11.9 Å². The molecule has 1 aliphatic rings. The number of fused-ring (bicyclic) bond motifs is 1. The molecule has 0 aliphatic carbocycles. The second kappa shape index (κ2) is 6.19. The van der Waals surface area contributed by atoms with Crippen molar-refractivity contribution < 1.29 is 14.0 Å². The van der Waals surface area contributed by atoms with E-state index in [0.29, 0.717) is 11.3 Å². The first-order valence-electron chi connectivity index (χ1n) is 8.43. The fourth-order valence-electron chi connectivity index (χ4n) is 3.12. The number of nitrogens with one attached hydrogen (secondary N) is 1. The first-order valence-corrected chi connectivity index (χ1v) is 8.43. The molecule has 2 aromatic carbocycles. The Labute approximate surface area is 150 Å². The maximum absolute atomic E-state index is 12.9. The van der Waals surface area contributed by atoms with Crippen LogP contribution in [0.3, 0.4) is 0 Å². The Kier molecular flexibility index (Phi) is 3.84. The smallest absolute Gasteiger partial charge is 0.325 e. The molecule has 130 valence electrons. The van der Waals surface area contributed by atoms with Crippen LogP contribution in [-0.2, 0) is 10.3 Å². The van der Waals surface area contributed by atoms with Crippen molar-refractivity contribution in [3.8, 4) is 0 Å². The van der Waals surface area contributed by atoms with Crippen LogP contribution in [0.5, 0.6) is 0 Å². The number of para-hydroxylation sites is 1. The summed E-state index contributed by atoms with van der Waals surface area (Å²) in [6.45, 7) is 1.88. The Morgan fingerprint density at radius 2 is 1.81 bits per heavy atom. The average molecular weight is 346 g/mol. The lowest BCUT2D eigenvalue weighted by molar-refractivity contribution is -0.131. The number of furan rings is 1. The van der Waals surface area contributed by atoms with E-state index in [9.17, 15) is 9.59 Å². The third-order valence-corrected chi connectivity index (χ3v) is 4.59. The van der Waals surface area contributed by atoms with E-state index < -0.39 is 11.6 Å². The van der Waals surface area contributed by atoms with Crippen molar-refractivity contribution in [1.82, 2.24) is 10.2 Å². The van der Waals surface area contributed by atoms with Crippen LogP contribution in [0.25, 0.3) is 17.0 Å². The molecule has 3 aromatic rings. The highest BCUT2D eigenvalue weighted by atomic mass is 16.3. The molecular formula is C21H18N2O3. The predicted octanol–water partition coefficient (Wildman–Crippen LogP) is 3.91. The van der Waals surface area contributed by atoms with Crippen LogP contribution in [0.4, 0.5) is 4.79 Å². The Morgan fingerprint density at radius 1 is 1.08 bits per heavy atom. The minimum atomic E-state index is -1.20. The number of benzene rings is 2. The molecule has 0 bridgehead atoms. The molecule has 1 N–H and O–H groups in total. The molecule has 4 rings (SSSR count). The molecule has 1 atom stereocenters. The van der Waals surface area contributed by atoms with E-state index in [2.05, 4.69) is 5.32 Å². The topological polar surface area (TPSA) is 62.6 Å². The fourth-order valence-corrected chi connectivity index (χ4v) is 3.12. The number of nitrogens with zero attached hydrogens (tertiary/aromatic N) is 1. The molecule has 0 saturated carbocycles. The molecule has 5 nitrogen and oxygen atoms in total. The van der Waals surface area contributed by atoms with E-state index in [-0.39, 0.29) is 12.5 Å². The van der Waals surface area contributed by atoms with E-state index in [0.717, 1.165) is 10.9 Å². The monoisotopic (exact) mass is 346 g/mol. The lowest BCUT2D eigenvalue weighted by Gasteiger charge is -2.18. The van der Waals surface area contributed by atoms with Gasteiger partial charge < -0.3 is 9.73 Å². The molecule has 5 heteroatoms. The summed E-state index contributed by atoms with van der Waals surface area (Å²) in [5, 5.41) is 3.66. The second-order valence-electron chi connectivity index (χ2n) is 6.43. The lowest BCUT2D eigenvalue weighted by atomic mass is 9.99. The van der Waals surface area contributed by atoms with Gasteiger partial charge in [-0.15, -0.1) is 0 Å². The van der Waals surface area contributed by atoms with Crippen LogP contribution in [0, 0.1) is 0 Å². The van der Waals surface area contributed by atoms with E-state index in [4.69, 9.17) is 4.42 Å². The van der Waals surface area contributed by atoms with Crippen molar-refractivity contribution in [3.63, 3.8) is 0 Å². The number of urea groups is 1. The third-order valence-electron chi connectivity index (χ3n) is 4.59. The van der Waals surface area contributed by atoms with E-state index >= 15 is 0 Å². The highest BCUT2D eigenvalue weighted by Gasteiger charge is 2.50. The van der Waals surface area contributed by atoms with Gasteiger partial charge in [-0.25, -0.2) is 4.79 Å². The van der Waals surface area contributed by atoms with Gasteiger partial charge in [-0.3, -0.25) is 9.69 Å². The van der Waals surface area contributed by atoms with Gasteiger partial charge in [0.05, 0.1) is 0 Å². The van der Waals surface area contributed by atoms with Crippen LogP contribution >= 0.6 is 0 Å². The summed E-state index contributed by atoms with van der Waals surface area (Å²) in [6, 6.07) is 18.6. The molecule has 1 aromatic heterocycles. The van der Waals surface area contributed by atoms with Crippen LogP contribution in [0.1, 0.15) is 18.2 Å². The second-order valence-corrected chi connectivity index (χ2v) is 6.43. The van der Waals surface area contributed by atoms with Crippen LogP contribution in [0.2, 0.25) is 0 Å². The van der Waals surface area contributed by atoms with Crippen molar-refractivity contribution in [2.75, 3.05) is 6.54 Å². The van der Waals surface area contributed by atoms with E-state index in [1.54, 1.807) is 19.1 Å². The summed E-state index contributed by atoms with van der Waals surface area (Å²) >= 11 is 0. The summed E-state index contributed by atoms with van der Waals surface area (Å²) in [7, 11) is 0. The molecule has 2 heterocycles. The molecule has 0 unspecified atom stereocenters. The number of amides is 3. The van der Waals surface area contributed by atoms with Crippen molar-refractivity contribution in [3.05, 3.63) is 78.1 Å². The quantitative estimate of drug-likeness (QED) is 0.729. The highest BCUT2D eigenvalue weighted by Crippen LogP contribution is 2.32. The van der Waals surface area contributed by atoms with E-state index in [1.807, 2.05) is 60.7 Å². The Morgan fingerprint density at radius 3 is 2.58 bits per heavy atom. The third kappa shape index (κ3) is 2.67. The summed E-state index contributed by atoms with van der Waals surface area (Å²) in [5.74, 6) is 0.117. The number of rotatable bonds is 4. The summed E-state index contributed by atoms with van der Waals surface area (Å²) in [6.07, 6.45) is 3.69. The standard InChI is InChI=1S/C21H18N2O3/c1-21(18-14-16-11-5-6-12-17(16)26-18)19(24)23(20(25)22-21)13-7-10-15-8-3-2-4-9-15/h2-12,14H,13H2,1H3,(H,22,25)/b10-7-/t21-/m0/s1. The van der Waals surface area contributed by atoms with Crippen molar-refractivity contribution in [2.24, 2.45) is 0 Å². The minimum Gasteiger partial charge on any atom is -0.458 e. The average Bonchev–Trinajstić information content (AvgIpc) is 3.18. The largest absolute Gasteiger partial charge is 0.458 e. The molecule has 0 radical (unpaired) electrons. The van der Waals surface area contributed by atoms with Crippen LogP contribution < -0.4 is 5.32 Å².